The Balaban J connectivity index is 1.33. The maximum atomic E-state index is 12.4. The van der Waals surface area contributed by atoms with Crippen LogP contribution in [0.4, 0.5) is 0 Å². The molecule has 0 radical (unpaired) electrons. The third kappa shape index (κ3) is 2.54. The van der Waals surface area contributed by atoms with E-state index in [1.165, 1.54) is 0 Å². The topological polar surface area (TPSA) is 52.3 Å². The molecule has 146 valence electrons. The van der Waals surface area contributed by atoms with Crippen LogP contribution in [0.3, 0.4) is 0 Å². The highest BCUT2D eigenvalue weighted by atomic mass is 35.5. The summed E-state index contributed by atoms with van der Waals surface area (Å²) in [5, 5.41) is 5.48. The summed E-state index contributed by atoms with van der Waals surface area (Å²) in [5.41, 5.74) is 2.22. The first-order valence-corrected chi connectivity index (χ1v) is 10.9. The van der Waals surface area contributed by atoms with Crippen LogP contribution in [0.1, 0.15) is 55.8 Å². The maximum Gasteiger partial charge on any atom is 0.145 e. The lowest BCUT2D eigenvalue weighted by Gasteiger charge is -2.37. The normalized spacial score (nSPS) is 33.2. The van der Waals surface area contributed by atoms with Crippen LogP contribution in [0.25, 0.3) is 11.3 Å². The number of benzene rings is 1. The van der Waals surface area contributed by atoms with E-state index >= 15 is 0 Å². The first-order chi connectivity index (χ1) is 13.5. The Bertz CT molecular complexity index is 958. The quantitative estimate of drug-likeness (QED) is 0.616. The fraction of sp³-hybridized carbons (Fsp3) is 0.545. The van der Waals surface area contributed by atoms with Crippen molar-refractivity contribution in [2.75, 3.05) is 0 Å². The van der Waals surface area contributed by atoms with Crippen molar-refractivity contribution in [3.05, 3.63) is 39.6 Å². The number of ether oxygens (including phenoxy) is 1. The summed E-state index contributed by atoms with van der Waals surface area (Å²) in [5.74, 6) is 2.76. The summed E-state index contributed by atoms with van der Waals surface area (Å²) >= 11 is 12.9. The van der Waals surface area contributed by atoms with E-state index in [4.69, 9.17) is 32.5 Å². The van der Waals surface area contributed by atoms with E-state index in [9.17, 15) is 4.79 Å². The minimum atomic E-state index is -0.161. The third-order valence-corrected chi connectivity index (χ3v) is 7.89. The van der Waals surface area contributed by atoms with Crippen molar-refractivity contribution in [2.24, 2.45) is 17.8 Å². The van der Waals surface area contributed by atoms with Gasteiger partial charge in [0.05, 0.1) is 22.3 Å². The van der Waals surface area contributed by atoms with E-state index in [1.807, 2.05) is 18.2 Å². The lowest BCUT2D eigenvalue weighted by molar-refractivity contribution is -0.136. The fourth-order valence-corrected chi connectivity index (χ4v) is 6.46. The molecule has 28 heavy (non-hydrogen) atoms. The Morgan fingerprint density at radius 3 is 2.61 bits per heavy atom. The van der Waals surface area contributed by atoms with Crippen molar-refractivity contribution in [2.45, 2.75) is 56.7 Å². The summed E-state index contributed by atoms with van der Waals surface area (Å²) in [6.45, 7) is 0.437. The van der Waals surface area contributed by atoms with E-state index in [0.717, 1.165) is 49.8 Å². The van der Waals surface area contributed by atoms with Gasteiger partial charge in [0, 0.05) is 28.9 Å². The van der Waals surface area contributed by atoms with Gasteiger partial charge in [-0.3, -0.25) is 4.79 Å². The molecule has 5 aliphatic rings. The predicted octanol–water partition coefficient (Wildman–Crippen LogP) is 5.80. The summed E-state index contributed by atoms with van der Waals surface area (Å²) in [6.07, 6.45) is 6.04. The smallest absolute Gasteiger partial charge is 0.145 e. The maximum absolute atomic E-state index is 12.4. The first-order valence-electron chi connectivity index (χ1n) is 10.2. The number of hydrogen-bond donors (Lipinski definition) is 0. The number of halogens is 2. The molecule has 4 nitrogen and oxygen atoms in total. The molecule has 5 fully saturated rings. The second-order valence-electron chi connectivity index (χ2n) is 9.03. The minimum Gasteiger partial charge on any atom is -0.370 e. The van der Waals surface area contributed by atoms with Crippen LogP contribution in [0.15, 0.2) is 22.7 Å². The van der Waals surface area contributed by atoms with E-state index in [0.29, 0.717) is 45.5 Å². The number of carbonyl (C=O) groups excluding carboxylic acids is 1. The molecule has 4 atom stereocenters. The van der Waals surface area contributed by atoms with Gasteiger partial charge in [0.1, 0.15) is 17.2 Å². The molecule has 3 unspecified atom stereocenters. The largest absolute Gasteiger partial charge is 0.370 e. The van der Waals surface area contributed by atoms with Gasteiger partial charge in [0.25, 0.3) is 0 Å². The third-order valence-electron chi connectivity index (χ3n) is 7.26. The van der Waals surface area contributed by atoms with E-state index in [2.05, 4.69) is 5.16 Å². The van der Waals surface area contributed by atoms with E-state index in [-0.39, 0.29) is 17.4 Å². The molecule has 5 saturated carbocycles. The summed E-state index contributed by atoms with van der Waals surface area (Å²) in [6, 6.07) is 5.47. The highest BCUT2D eigenvalue weighted by molar-refractivity contribution is 6.39. The van der Waals surface area contributed by atoms with Crippen molar-refractivity contribution in [3.8, 4) is 11.3 Å². The second kappa shape index (κ2) is 6.07. The summed E-state index contributed by atoms with van der Waals surface area (Å²) < 4.78 is 12.3. The van der Waals surface area contributed by atoms with Gasteiger partial charge in [-0.1, -0.05) is 34.4 Å². The van der Waals surface area contributed by atoms with Crippen LogP contribution < -0.4 is 0 Å². The Morgan fingerprint density at radius 1 is 1.14 bits per heavy atom. The van der Waals surface area contributed by atoms with Gasteiger partial charge in [-0.05, 0) is 56.6 Å². The Kier molecular flexibility index (Phi) is 3.79. The molecule has 1 aromatic carbocycles. The van der Waals surface area contributed by atoms with Gasteiger partial charge >= 0.3 is 0 Å². The molecule has 0 aliphatic heterocycles. The number of Topliss-reactive ketones (excluding diaryl/α,β-unsaturated/α-hetero) is 1. The number of rotatable bonds is 5. The monoisotopic (exact) mass is 417 g/mol. The molecule has 7 rings (SSSR count). The molecular weight excluding hydrogens is 397 g/mol. The molecule has 0 amide bonds. The van der Waals surface area contributed by atoms with Crippen LogP contribution in [-0.2, 0) is 16.1 Å². The molecule has 5 aliphatic carbocycles. The molecule has 1 aromatic heterocycles. The zero-order chi connectivity index (χ0) is 19.0. The van der Waals surface area contributed by atoms with Crippen LogP contribution in [0.2, 0.25) is 10.0 Å². The number of hydrogen-bond acceptors (Lipinski definition) is 4. The number of aromatic nitrogens is 1. The van der Waals surface area contributed by atoms with Crippen LogP contribution in [0.5, 0.6) is 0 Å². The SMILES string of the molecule is O=C1C2CC3C[C@](OCc4c(-c5c(Cl)cccc5Cl)noc4C4CC4)(C2)CC13. The highest BCUT2D eigenvalue weighted by Crippen LogP contribution is 2.60. The van der Waals surface area contributed by atoms with Crippen molar-refractivity contribution in [1.82, 2.24) is 5.16 Å². The van der Waals surface area contributed by atoms with Gasteiger partial charge in [0.2, 0.25) is 0 Å². The van der Waals surface area contributed by atoms with Crippen molar-refractivity contribution < 1.29 is 14.1 Å². The average Bonchev–Trinajstić information content (AvgIpc) is 3.33. The Labute approximate surface area is 173 Å². The summed E-state index contributed by atoms with van der Waals surface area (Å²) in [7, 11) is 0. The first kappa shape index (κ1) is 17.5. The molecule has 0 N–H and O–H groups in total. The number of nitrogens with zero attached hydrogens (tertiary/aromatic N) is 1. The summed E-state index contributed by atoms with van der Waals surface area (Å²) in [4.78, 5) is 12.4. The van der Waals surface area contributed by atoms with Gasteiger partial charge in [0.15, 0.2) is 0 Å². The highest BCUT2D eigenvalue weighted by Gasteiger charge is 2.61. The molecular formula is C22H21Cl2NO3. The standard InChI is InChI=1S/C22H21Cl2NO3/c23-16-2-1-3-17(24)18(16)19-15(21(28-25-19)11-4-5-11)10-27-22-7-12-6-13(8-22)20(26)14(12)9-22/h1-3,11-14H,4-10H2/t12?,13?,14?,22-/m0/s1. The van der Waals surface area contributed by atoms with E-state index < -0.39 is 0 Å². The zero-order valence-corrected chi connectivity index (χ0v) is 16.9. The van der Waals surface area contributed by atoms with Crippen molar-refractivity contribution in [1.29, 1.82) is 0 Å². The van der Waals surface area contributed by atoms with Crippen LogP contribution in [0, 0.1) is 17.8 Å². The predicted molar refractivity (Wildman–Crippen MR) is 105 cm³/mol. The minimum absolute atomic E-state index is 0.161. The Morgan fingerprint density at radius 2 is 1.93 bits per heavy atom. The van der Waals surface area contributed by atoms with Gasteiger partial charge in [-0.25, -0.2) is 0 Å². The molecule has 0 spiro atoms. The zero-order valence-electron chi connectivity index (χ0n) is 15.4. The lowest BCUT2D eigenvalue weighted by atomic mass is 9.77. The Hall–Kier alpha value is -1.36. The van der Waals surface area contributed by atoms with Gasteiger partial charge < -0.3 is 9.26 Å². The average molecular weight is 418 g/mol. The van der Waals surface area contributed by atoms with Crippen molar-refractivity contribution >= 4 is 29.0 Å². The molecule has 2 aromatic rings. The van der Waals surface area contributed by atoms with Crippen molar-refractivity contribution in [3.63, 3.8) is 0 Å². The molecule has 0 saturated heterocycles. The van der Waals surface area contributed by atoms with Crippen LogP contribution >= 0.6 is 23.2 Å². The van der Waals surface area contributed by atoms with Gasteiger partial charge in [-0.2, -0.15) is 0 Å². The number of ketones is 1. The number of carbonyl (C=O) groups is 1. The molecule has 6 heteroatoms. The second-order valence-corrected chi connectivity index (χ2v) is 9.84. The van der Waals surface area contributed by atoms with Gasteiger partial charge in [-0.15, -0.1) is 0 Å². The fourth-order valence-electron chi connectivity index (χ4n) is 5.89. The van der Waals surface area contributed by atoms with Crippen LogP contribution in [-0.4, -0.2) is 16.5 Å². The lowest BCUT2D eigenvalue weighted by Crippen LogP contribution is -2.40. The molecule has 1 heterocycles. The van der Waals surface area contributed by atoms with E-state index in [1.54, 1.807) is 0 Å². The molecule has 4 bridgehead atoms.